The molecule has 0 aliphatic heterocycles. The summed E-state index contributed by atoms with van der Waals surface area (Å²) in [6.07, 6.45) is 0. The van der Waals surface area contributed by atoms with Crippen LogP contribution >= 0.6 is 0 Å². The lowest BCUT2D eigenvalue weighted by Gasteiger charge is -2.13. The van der Waals surface area contributed by atoms with Gasteiger partial charge in [-0.25, -0.2) is 0 Å². The average Bonchev–Trinajstić information content (AvgIpc) is 2.55. The third-order valence-electron chi connectivity index (χ3n) is 3.00. The molecule has 122 valence electrons. The molecule has 2 aromatic carbocycles. The van der Waals surface area contributed by atoms with Gasteiger partial charge in [0.2, 0.25) is 0 Å². The highest BCUT2D eigenvalue weighted by molar-refractivity contribution is 5.77. The van der Waals surface area contributed by atoms with E-state index in [-0.39, 0.29) is 18.6 Å². The number of hydrogen-bond acceptors (Lipinski definition) is 4. The Kier molecular flexibility index (Phi) is 6.44. The number of nitrogens with one attached hydrogen (secondary N) is 1. The van der Waals surface area contributed by atoms with Crippen LogP contribution in [0.25, 0.3) is 0 Å². The predicted molar refractivity (Wildman–Crippen MR) is 87.9 cm³/mol. The number of methoxy groups -OCH3 is 1. The van der Waals surface area contributed by atoms with Gasteiger partial charge in [-0.3, -0.25) is 4.79 Å². The van der Waals surface area contributed by atoms with Crippen molar-refractivity contribution in [1.82, 2.24) is 5.32 Å². The SMILES string of the molecule is COC[C@@H](C)NC(=O)COc1ccc(Oc2ccccc2)cc1. The molecule has 0 spiro atoms. The topological polar surface area (TPSA) is 56.8 Å². The third-order valence-corrected chi connectivity index (χ3v) is 3.00. The minimum absolute atomic E-state index is 0.0348. The van der Waals surface area contributed by atoms with Crippen molar-refractivity contribution in [2.45, 2.75) is 13.0 Å². The van der Waals surface area contributed by atoms with Crippen LogP contribution in [0.5, 0.6) is 17.2 Å². The molecule has 0 aliphatic carbocycles. The van der Waals surface area contributed by atoms with Crippen LogP contribution in [0, 0.1) is 0 Å². The van der Waals surface area contributed by atoms with Crippen LogP contribution in [-0.4, -0.2) is 32.3 Å². The number of carbonyl (C=O) groups excluding carboxylic acids is 1. The second-order valence-electron chi connectivity index (χ2n) is 5.10. The van der Waals surface area contributed by atoms with Crippen molar-refractivity contribution < 1.29 is 19.0 Å². The first kappa shape index (κ1) is 16.8. The molecule has 0 fully saturated rings. The van der Waals surface area contributed by atoms with Crippen molar-refractivity contribution >= 4 is 5.91 Å². The Morgan fingerprint density at radius 3 is 2.26 bits per heavy atom. The molecule has 1 N–H and O–H groups in total. The third kappa shape index (κ3) is 6.00. The molecule has 0 aromatic heterocycles. The van der Waals surface area contributed by atoms with E-state index in [1.54, 1.807) is 31.4 Å². The molecular formula is C18H21NO4. The summed E-state index contributed by atoms with van der Waals surface area (Å²) >= 11 is 0. The molecule has 0 radical (unpaired) electrons. The van der Waals surface area contributed by atoms with Gasteiger partial charge < -0.3 is 19.5 Å². The summed E-state index contributed by atoms with van der Waals surface area (Å²) in [6, 6.07) is 16.6. The Morgan fingerprint density at radius 2 is 1.61 bits per heavy atom. The van der Waals surface area contributed by atoms with Crippen LogP contribution in [-0.2, 0) is 9.53 Å². The van der Waals surface area contributed by atoms with E-state index < -0.39 is 0 Å². The number of hydrogen-bond donors (Lipinski definition) is 1. The van der Waals surface area contributed by atoms with E-state index in [0.717, 1.165) is 5.75 Å². The monoisotopic (exact) mass is 315 g/mol. The summed E-state index contributed by atoms with van der Waals surface area (Å²) < 4.78 is 16.1. The van der Waals surface area contributed by atoms with E-state index in [2.05, 4.69) is 5.32 Å². The molecule has 0 heterocycles. The van der Waals surface area contributed by atoms with Gasteiger partial charge in [0.15, 0.2) is 6.61 Å². The molecule has 5 heteroatoms. The average molecular weight is 315 g/mol. The van der Waals surface area contributed by atoms with Crippen molar-refractivity contribution in [1.29, 1.82) is 0 Å². The van der Waals surface area contributed by atoms with Crippen molar-refractivity contribution in [3.63, 3.8) is 0 Å². The maximum absolute atomic E-state index is 11.7. The van der Waals surface area contributed by atoms with Crippen molar-refractivity contribution in [3.05, 3.63) is 54.6 Å². The Hall–Kier alpha value is -2.53. The number of amides is 1. The van der Waals surface area contributed by atoms with Crippen LogP contribution in [0.1, 0.15) is 6.92 Å². The number of rotatable bonds is 8. The quantitative estimate of drug-likeness (QED) is 0.813. The van der Waals surface area contributed by atoms with Crippen molar-refractivity contribution in [2.75, 3.05) is 20.3 Å². The summed E-state index contributed by atoms with van der Waals surface area (Å²) in [6.45, 7) is 2.31. The Morgan fingerprint density at radius 1 is 1.00 bits per heavy atom. The molecule has 1 amide bonds. The zero-order chi connectivity index (χ0) is 16.5. The standard InChI is InChI=1S/C18H21NO4/c1-14(12-21-2)19-18(20)13-22-15-8-10-17(11-9-15)23-16-6-4-3-5-7-16/h3-11,14H,12-13H2,1-2H3,(H,19,20)/t14-/m1/s1. The number of carbonyl (C=O) groups is 1. The summed E-state index contributed by atoms with van der Waals surface area (Å²) in [7, 11) is 1.60. The molecule has 1 atom stereocenters. The summed E-state index contributed by atoms with van der Waals surface area (Å²) in [5.74, 6) is 1.91. The van der Waals surface area contributed by atoms with Gasteiger partial charge in [0.25, 0.3) is 5.91 Å². The van der Waals surface area contributed by atoms with Gasteiger partial charge in [-0.2, -0.15) is 0 Å². The van der Waals surface area contributed by atoms with E-state index >= 15 is 0 Å². The summed E-state index contributed by atoms with van der Waals surface area (Å²) in [4.78, 5) is 11.7. The van der Waals surface area contributed by atoms with E-state index in [1.807, 2.05) is 37.3 Å². The van der Waals surface area contributed by atoms with Gasteiger partial charge >= 0.3 is 0 Å². The molecule has 0 saturated heterocycles. The first-order valence-electron chi connectivity index (χ1n) is 7.41. The van der Waals surface area contributed by atoms with Crippen LogP contribution in [0.15, 0.2) is 54.6 Å². The highest BCUT2D eigenvalue weighted by Gasteiger charge is 2.07. The minimum Gasteiger partial charge on any atom is -0.484 e. The highest BCUT2D eigenvalue weighted by Crippen LogP contribution is 2.23. The lowest BCUT2D eigenvalue weighted by molar-refractivity contribution is -0.124. The Bertz CT molecular complexity index is 598. The number of para-hydroxylation sites is 1. The minimum atomic E-state index is -0.181. The maximum Gasteiger partial charge on any atom is 0.258 e. The predicted octanol–water partition coefficient (Wildman–Crippen LogP) is 3.01. The molecule has 2 aromatic rings. The van der Waals surface area contributed by atoms with Crippen LogP contribution in [0.4, 0.5) is 0 Å². The molecule has 2 rings (SSSR count). The lowest BCUT2D eigenvalue weighted by Crippen LogP contribution is -2.38. The van der Waals surface area contributed by atoms with Gasteiger partial charge in [0.05, 0.1) is 6.61 Å². The second-order valence-corrected chi connectivity index (χ2v) is 5.10. The largest absolute Gasteiger partial charge is 0.484 e. The van der Waals surface area contributed by atoms with Crippen molar-refractivity contribution in [2.24, 2.45) is 0 Å². The molecule has 5 nitrogen and oxygen atoms in total. The summed E-state index contributed by atoms with van der Waals surface area (Å²) in [5.41, 5.74) is 0. The zero-order valence-corrected chi connectivity index (χ0v) is 13.3. The fourth-order valence-electron chi connectivity index (χ4n) is 1.99. The van der Waals surface area contributed by atoms with E-state index in [0.29, 0.717) is 18.1 Å². The molecule has 0 bridgehead atoms. The van der Waals surface area contributed by atoms with Gasteiger partial charge in [-0.05, 0) is 43.3 Å². The molecule has 0 saturated carbocycles. The van der Waals surface area contributed by atoms with Crippen LogP contribution in [0.2, 0.25) is 0 Å². The fourth-order valence-corrected chi connectivity index (χ4v) is 1.99. The molecule has 23 heavy (non-hydrogen) atoms. The van der Waals surface area contributed by atoms with Crippen molar-refractivity contribution in [3.8, 4) is 17.2 Å². The first-order chi connectivity index (χ1) is 11.2. The van der Waals surface area contributed by atoms with Gasteiger partial charge in [-0.1, -0.05) is 18.2 Å². The first-order valence-corrected chi connectivity index (χ1v) is 7.41. The smallest absolute Gasteiger partial charge is 0.258 e. The second kappa shape index (κ2) is 8.80. The maximum atomic E-state index is 11.7. The number of benzene rings is 2. The van der Waals surface area contributed by atoms with Crippen LogP contribution in [0.3, 0.4) is 0 Å². The van der Waals surface area contributed by atoms with Gasteiger partial charge in [0.1, 0.15) is 17.2 Å². The van der Waals surface area contributed by atoms with E-state index in [4.69, 9.17) is 14.2 Å². The zero-order valence-electron chi connectivity index (χ0n) is 13.3. The highest BCUT2D eigenvalue weighted by atomic mass is 16.5. The van der Waals surface area contributed by atoms with E-state index in [1.165, 1.54) is 0 Å². The molecule has 0 unspecified atom stereocenters. The van der Waals surface area contributed by atoms with Gasteiger partial charge in [-0.15, -0.1) is 0 Å². The lowest BCUT2D eigenvalue weighted by atomic mass is 10.3. The normalized spacial score (nSPS) is 11.6. The van der Waals surface area contributed by atoms with Gasteiger partial charge in [0, 0.05) is 13.2 Å². The number of ether oxygens (including phenoxy) is 3. The fraction of sp³-hybridized carbons (Fsp3) is 0.278. The Balaban J connectivity index is 1.80. The van der Waals surface area contributed by atoms with E-state index in [9.17, 15) is 4.79 Å². The Labute approximate surface area is 136 Å². The molecular weight excluding hydrogens is 294 g/mol. The van der Waals surface area contributed by atoms with Crippen LogP contribution < -0.4 is 14.8 Å². The molecule has 0 aliphatic rings. The summed E-state index contributed by atoms with van der Waals surface area (Å²) in [5, 5.41) is 2.78.